The van der Waals surface area contributed by atoms with Gasteiger partial charge in [-0.2, -0.15) is 5.10 Å². The molecule has 25 heavy (non-hydrogen) atoms. The van der Waals surface area contributed by atoms with Crippen LogP contribution in [0.3, 0.4) is 0 Å². The Balaban J connectivity index is 1.87. The van der Waals surface area contributed by atoms with Crippen molar-refractivity contribution in [1.29, 1.82) is 0 Å². The maximum atomic E-state index is 12.1. The summed E-state index contributed by atoms with van der Waals surface area (Å²) >= 11 is 0. The fourth-order valence-electron chi connectivity index (χ4n) is 2.56. The lowest BCUT2D eigenvalue weighted by atomic mass is 10.0. The molecular formula is C21H20N2O2. The first-order valence-corrected chi connectivity index (χ1v) is 8.32. The van der Waals surface area contributed by atoms with Gasteiger partial charge in [-0.25, -0.2) is 5.43 Å². The van der Waals surface area contributed by atoms with Gasteiger partial charge in [-0.15, -0.1) is 0 Å². The SMILES string of the molecule is CCCOc1ccc2ccccc2c1/C=N\NC(=O)c1ccccc1. The van der Waals surface area contributed by atoms with E-state index in [1.54, 1.807) is 18.3 Å². The smallest absolute Gasteiger partial charge is 0.271 e. The summed E-state index contributed by atoms with van der Waals surface area (Å²) in [6.07, 6.45) is 2.57. The van der Waals surface area contributed by atoms with Crippen molar-refractivity contribution in [3.63, 3.8) is 0 Å². The van der Waals surface area contributed by atoms with Crippen LogP contribution < -0.4 is 10.2 Å². The first-order chi connectivity index (χ1) is 12.3. The Bertz CT molecular complexity index is 889. The first kappa shape index (κ1) is 16.7. The molecule has 0 fully saturated rings. The number of ether oxygens (including phenoxy) is 1. The molecule has 0 aliphatic carbocycles. The number of nitrogens with zero attached hydrogens (tertiary/aromatic N) is 1. The summed E-state index contributed by atoms with van der Waals surface area (Å²) in [5.41, 5.74) is 4.00. The van der Waals surface area contributed by atoms with Crippen molar-refractivity contribution in [3.8, 4) is 5.75 Å². The molecule has 0 spiro atoms. The number of rotatable bonds is 6. The molecule has 0 bridgehead atoms. The van der Waals surface area contributed by atoms with Crippen LogP contribution in [-0.2, 0) is 0 Å². The van der Waals surface area contributed by atoms with Gasteiger partial charge in [-0.05, 0) is 35.4 Å². The summed E-state index contributed by atoms with van der Waals surface area (Å²) in [6, 6.07) is 21.0. The number of benzene rings is 3. The summed E-state index contributed by atoms with van der Waals surface area (Å²) in [6.45, 7) is 2.70. The fourth-order valence-corrected chi connectivity index (χ4v) is 2.56. The van der Waals surface area contributed by atoms with Crippen molar-refractivity contribution in [2.24, 2.45) is 5.10 Å². The minimum atomic E-state index is -0.242. The molecule has 1 N–H and O–H groups in total. The lowest BCUT2D eigenvalue weighted by Crippen LogP contribution is -2.17. The van der Waals surface area contributed by atoms with Gasteiger partial charge in [0, 0.05) is 11.1 Å². The molecule has 0 saturated heterocycles. The van der Waals surface area contributed by atoms with Gasteiger partial charge in [-0.1, -0.05) is 55.5 Å². The first-order valence-electron chi connectivity index (χ1n) is 8.32. The van der Waals surface area contributed by atoms with Crippen molar-refractivity contribution in [3.05, 3.63) is 77.9 Å². The van der Waals surface area contributed by atoms with Crippen molar-refractivity contribution in [1.82, 2.24) is 5.43 Å². The van der Waals surface area contributed by atoms with Crippen molar-refractivity contribution in [2.45, 2.75) is 13.3 Å². The van der Waals surface area contributed by atoms with Crippen molar-refractivity contribution >= 4 is 22.9 Å². The van der Waals surface area contributed by atoms with Crippen LogP contribution in [0.15, 0.2) is 71.8 Å². The summed E-state index contributed by atoms with van der Waals surface area (Å²) < 4.78 is 5.83. The van der Waals surface area contributed by atoms with Gasteiger partial charge in [-0.3, -0.25) is 4.79 Å². The third-order valence-electron chi connectivity index (χ3n) is 3.79. The van der Waals surface area contributed by atoms with Gasteiger partial charge in [0.15, 0.2) is 0 Å². The largest absolute Gasteiger partial charge is 0.493 e. The molecule has 0 atom stereocenters. The minimum absolute atomic E-state index is 0.242. The highest BCUT2D eigenvalue weighted by Crippen LogP contribution is 2.26. The molecule has 0 aromatic heterocycles. The van der Waals surface area contributed by atoms with E-state index in [0.29, 0.717) is 12.2 Å². The van der Waals surface area contributed by atoms with E-state index in [9.17, 15) is 4.79 Å². The fraction of sp³-hybridized carbons (Fsp3) is 0.143. The quantitative estimate of drug-likeness (QED) is 0.537. The number of hydrogen-bond acceptors (Lipinski definition) is 3. The normalized spacial score (nSPS) is 10.9. The van der Waals surface area contributed by atoms with Crippen LogP contribution in [0.4, 0.5) is 0 Å². The van der Waals surface area contributed by atoms with E-state index < -0.39 is 0 Å². The number of hydrazone groups is 1. The Kier molecular flexibility index (Phi) is 5.42. The van der Waals surface area contributed by atoms with Crippen LogP contribution in [0.5, 0.6) is 5.75 Å². The molecule has 0 unspecified atom stereocenters. The molecule has 0 aliphatic heterocycles. The molecule has 4 heteroatoms. The highest BCUT2D eigenvalue weighted by molar-refractivity contribution is 6.03. The van der Waals surface area contributed by atoms with Crippen LogP contribution >= 0.6 is 0 Å². The average molecular weight is 332 g/mol. The second-order valence-electron chi connectivity index (χ2n) is 5.61. The minimum Gasteiger partial charge on any atom is -0.493 e. The Morgan fingerprint density at radius 1 is 1.04 bits per heavy atom. The summed E-state index contributed by atoms with van der Waals surface area (Å²) in [4.78, 5) is 12.1. The standard InChI is InChI=1S/C21H20N2O2/c1-2-14-25-20-13-12-16-8-6-7-11-18(16)19(20)15-22-23-21(24)17-9-4-3-5-10-17/h3-13,15H,2,14H2,1H3,(H,23,24)/b22-15-. The van der Waals surface area contributed by atoms with Crippen LogP contribution in [0.25, 0.3) is 10.8 Å². The van der Waals surface area contributed by atoms with Crippen LogP contribution in [0.1, 0.15) is 29.3 Å². The summed E-state index contributed by atoms with van der Waals surface area (Å²) in [7, 11) is 0. The van der Waals surface area contributed by atoms with Crippen molar-refractivity contribution < 1.29 is 9.53 Å². The number of hydrogen-bond donors (Lipinski definition) is 1. The van der Waals surface area contributed by atoms with E-state index in [1.807, 2.05) is 54.6 Å². The number of fused-ring (bicyclic) bond motifs is 1. The van der Waals surface area contributed by atoms with Gasteiger partial charge in [0.25, 0.3) is 5.91 Å². The predicted octanol–water partition coefficient (Wildman–Crippen LogP) is 4.39. The molecule has 0 radical (unpaired) electrons. The van der Waals surface area contributed by atoms with E-state index in [1.165, 1.54) is 0 Å². The predicted molar refractivity (Wildman–Crippen MR) is 101 cm³/mol. The highest BCUT2D eigenvalue weighted by Gasteiger charge is 2.07. The summed E-state index contributed by atoms with van der Waals surface area (Å²) in [5, 5.41) is 6.27. The molecule has 3 aromatic rings. The Morgan fingerprint density at radius 2 is 1.80 bits per heavy atom. The second-order valence-corrected chi connectivity index (χ2v) is 5.61. The monoisotopic (exact) mass is 332 g/mol. The molecule has 1 amide bonds. The lowest BCUT2D eigenvalue weighted by molar-refractivity contribution is 0.0955. The van der Waals surface area contributed by atoms with Crippen LogP contribution in [0.2, 0.25) is 0 Å². The number of nitrogens with one attached hydrogen (secondary N) is 1. The van der Waals surface area contributed by atoms with Gasteiger partial charge >= 0.3 is 0 Å². The molecule has 0 saturated carbocycles. The number of amides is 1. The second kappa shape index (κ2) is 8.11. The van der Waals surface area contributed by atoms with Crippen LogP contribution in [-0.4, -0.2) is 18.7 Å². The molecule has 0 aliphatic rings. The molecule has 3 aromatic carbocycles. The Morgan fingerprint density at radius 3 is 2.60 bits per heavy atom. The van der Waals surface area contributed by atoms with E-state index in [2.05, 4.69) is 17.5 Å². The Hall–Kier alpha value is -3.14. The van der Waals surface area contributed by atoms with E-state index in [-0.39, 0.29) is 5.91 Å². The third kappa shape index (κ3) is 4.04. The molecular weight excluding hydrogens is 312 g/mol. The molecule has 126 valence electrons. The van der Waals surface area contributed by atoms with E-state index in [4.69, 9.17) is 4.74 Å². The number of carbonyl (C=O) groups is 1. The maximum absolute atomic E-state index is 12.1. The molecule has 0 heterocycles. The van der Waals surface area contributed by atoms with Gasteiger partial charge < -0.3 is 4.74 Å². The van der Waals surface area contributed by atoms with E-state index >= 15 is 0 Å². The van der Waals surface area contributed by atoms with Crippen molar-refractivity contribution in [2.75, 3.05) is 6.61 Å². The van der Waals surface area contributed by atoms with Gasteiger partial charge in [0.05, 0.1) is 12.8 Å². The zero-order valence-corrected chi connectivity index (χ0v) is 14.1. The van der Waals surface area contributed by atoms with E-state index in [0.717, 1.165) is 28.5 Å². The lowest BCUT2D eigenvalue weighted by Gasteiger charge is -2.11. The number of carbonyl (C=O) groups excluding carboxylic acids is 1. The van der Waals surface area contributed by atoms with Crippen LogP contribution in [0, 0.1) is 0 Å². The Labute approximate surface area is 147 Å². The van der Waals surface area contributed by atoms with Gasteiger partial charge in [0.1, 0.15) is 5.75 Å². The summed E-state index contributed by atoms with van der Waals surface area (Å²) in [5.74, 6) is 0.520. The zero-order valence-electron chi connectivity index (χ0n) is 14.1. The zero-order chi connectivity index (χ0) is 17.5. The topological polar surface area (TPSA) is 50.7 Å². The maximum Gasteiger partial charge on any atom is 0.271 e. The van der Waals surface area contributed by atoms with Gasteiger partial charge in [0.2, 0.25) is 0 Å². The highest BCUT2D eigenvalue weighted by atomic mass is 16.5. The molecule has 4 nitrogen and oxygen atoms in total. The molecule has 3 rings (SSSR count). The third-order valence-corrected chi connectivity index (χ3v) is 3.79. The average Bonchev–Trinajstić information content (AvgIpc) is 2.67.